The SMILES string of the molecule is CCC(N)(CC)C(=O)NC(C)(C)c1nccs1. The molecule has 17 heavy (non-hydrogen) atoms. The van der Waals surface area contributed by atoms with E-state index in [9.17, 15) is 4.79 Å². The number of rotatable bonds is 5. The largest absolute Gasteiger partial charge is 0.343 e. The average Bonchev–Trinajstić information content (AvgIpc) is 2.81. The number of amides is 1. The Morgan fingerprint density at radius 3 is 2.47 bits per heavy atom. The summed E-state index contributed by atoms with van der Waals surface area (Å²) >= 11 is 1.53. The van der Waals surface area contributed by atoms with Gasteiger partial charge in [-0.2, -0.15) is 0 Å². The highest BCUT2D eigenvalue weighted by atomic mass is 32.1. The van der Waals surface area contributed by atoms with Gasteiger partial charge in [-0.05, 0) is 26.7 Å². The lowest BCUT2D eigenvalue weighted by molar-refractivity contribution is -0.128. The minimum atomic E-state index is -0.783. The first kappa shape index (κ1) is 14.1. The van der Waals surface area contributed by atoms with Gasteiger partial charge in [-0.1, -0.05) is 13.8 Å². The summed E-state index contributed by atoms with van der Waals surface area (Å²) in [4.78, 5) is 16.4. The van der Waals surface area contributed by atoms with E-state index in [1.54, 1.807) is 6.20 Å². The van der Waals surface area contributed by atoms with Crippen LogP contribution < -0.4 is 11.1 Å². The Bertz CT molecular complexity index is 369. The van der Waals surface area contributed by atoms with E-state index < -0.39 is 11.1 Å². The number of hydrogen-bond donors (Lipinski definition) is 2. The van der Waals surface area contributed by atoms with Crippen molar-refractivity contribution in [2.75, 3.05) is 0 Å². The molecule has 0 saturated carbocycles. The molecular formula is C12H21N3OS. The van der Waals surface area contributed by atoms with Crippen LogP contribution in [0.4, 0.5) is 0 Å². The van der Waals surface area contributed by atoms with Crippen molar-refractivity contribution < 1.29 is 4.79 Å². The molecule has 4 nitrogen and oxygen atoms in total. The van der Waals surface area contributed by atoms with Gasteiger partial charge in [-0.3, -0.25) is 4.79 Å². The lowest BCUT2D eigenvalue weighted by Gasteiger charge is -2.31. The van der Waals surface area contributed by atoms with Crippen LogP contribution in [0, 0.1) is 0 Å². The van der Waals surface area contributed by atoms with E-state index in [1.807, 2.05) is 33.1 Å². The van der Waals surface area contributed by atoms with E-state index in [1.165, 1.54) is 11.3 Å². The van der Waals surface area contributed by atoms with Crippen molar-refractivity contribution in [3.63, 3.8) is 0 Å². The average molecular weight is 255 g/mol. The van der Waals surface area contributed by atoms with Crippen molar-refractivity contribution in [3.05, 3.63) is 16.6 Å². The predicted molar refractivity (Wildman–Crippen MR) is 70.8 cm³/mol. The summed E-state index contributed by atoms with van der Waals surface area (Å²) in [7, 11) is 0. The van der Waals surface area contributed by atoms with E-state index in [0.717, 1.165) is 5.01 Å². The Morgan fingerprint density at radius 2 is 2.06 bits per heavy atom. The molecule has 0 aliphatic heterocycles. The van der Waals surface area contributed by atoms with Gasteiger partial charge in [-0.15, -0.1) is 11.3 Å². The summed E-state index contributed by atoms with van der Waals surface area (Å²) in [6, 6.07) is 0. The second kappa shape index (κ2) is 5.14. The van der Waals surface area contributed by atoms with Crippen molar-refractivity contribution in [1.29, 1.82) is 0 Å². The van der Waals surface area contributed by atoms with E-state index >= 15 is 0 Å². The summed E-state index contributed by atoms with van der Waals surface area (Å²) in [5.74, 6) is -0.109. The quantitative estimate of drug-likeness (QED) is 0.845. The van der Waals surface area contributed by atoms with E-state index in [2.05, 4.69) is 10.3 Å². The molecule has 0 bridgehead atoms. The summed E-state index contributed by atoms with van der Waals surface area (Å²) in [5, 5.41) is 5.78. The third-order valence-corrected chi connectivity index (χ3v) is 4.20. The van der Waals surface area contributed by atoms with Gasteiger partial charge < -0.3 is 11.1 Å². The molecule has 0 saturated heterocycles. The molecule has 0 fully saturated rings. The Labute approximate surface area is 107 Å². The van der Waals surface area contributed by atoms with E-state index in [4.69, 9.17) is 5.73 Å². The van der Waals surface area contributed by atoms with Gasteiger partial charge in [0.15, 0.2) is 0 Å². The lowest BCUT2D eigenvalue weighted by Crippen LogP contribution is -2.57. The van der Waals surface area contributed by atoms with Gasteiger partial charge >= 0.3 is 0 Å². The number of nitrogens with zero attached hydrogens (tertiary/aromatic N) is 1. The summed E-state index contributed by atoms with van der Waals surface area (Å²) < 4.78 is 0. The fraction of sp³-hybridized carbons (Fsp3) is 0.667. The first-order chi connectivity index (χ1) is 7.85. The molecule has 0 unspecified atom stereocenters. The number of nitrogens with one attached hydrogen (secondary N) is 1. The lowest BCUT2D eigenvalue weighted by atomic mass is 9.91. The second-order valence-corrected chi connectivity index (χ2v) is 5.67. The Morgan fingerprint density at radius 1 is 1.47 bits per heavy atom. The third-order valence-electron chi connectivity index (χ3n) is 3.11. The monoisotopic (exact) mass is 255 g/mol. The molecule has 0 atom stereocenters. The molecule has 96 valence electrons. The van der Waals surface area contributed by atoms with E-state index in [-0.39, 0.29) is 5.91 Å². The second-order valence-electron chi connectivity index (χ2n) is 4.78. The molecule has 0 aliphatic carbocycles. The number of nitrogens with two attached hydrogens (primary N) is 1. The Balaban J connectivity index is 2.81. The topological polar surface area (TPSA) is 68.0 Å². The van der Waals surface area contributed by atoms with Crippen LogP contribution in [0.25, 0.3) is 0 Å². The molecule has 1 amide bonds. The number of carbonyl (C=O) groups excluding carboxylic acids is 1. The van der Waals surface area contributed by atoms with Crippen molar-refractivity contribution >= 4 is 17.2 Å². The molecule has 1 rings (SSSR count). The van der Waals surface area contributed by atoms with Crippen LogP contribution >= 0.6 is 11.3 Å². The minimum absolute atomic E-state index is 0.109. The van der Waals surface area contributed by atoms with Gasteiger partial charge in [-0.25, -0.2) is 4.98 Å². The van der Waals surface area contributed by atoms with Crippen LogP contribution in [0.15, 0.2) is 11.6 Å². The maximum absolute atomic E-state index is 12.2. The molecule has 5 heteroatoms. The molecule has 0 radical (unpaired) electrons. The number of carbonyl (C=O) groups is 1. The van der Waals surface area contributed by atoms with E-state index in [0.29, 0.717) is 12.8 Å². The number of aromatic nitrogens is 1. The normalized spacial score (nSPS) is 12.5. The van der Waals surface area contributed by atoms with Crippen molar-refractivity contribution in [3.8, 4) is 0 Å². The molecule has 1 aromatic heterocycles. The summed E-state index contributed by atoms with van der Waals surface area (Å²) in [5.41, 5.74) is 4.82. The van der Waals surface area contributed by atoms with Crippen molar-refractivity contribution in [2.24, 2.45) is 5.73 Å². The zero-order valence-electron chi connectivity index (χ0n) is 10.9. The van der Waals surface area contributed by atoms with Crippen LogP contribution in [0.1, 0.15) is 45.5 Å². The highest BCUT2D eigenvalue weighted by Gasteiger charge is 2.35. The van der Waals surface area contributed by atoms with Crippen LogP contribution in [0.3, 0.4) is 0 Å². The standard InChI is InChI=1S/C12H21N3OS/c1-5-12(13,6-2)9(16)15-11(3,4)10-14-7-8-17-10/h7-8H,5-6,13H2,1-4H3,(H,15,16). The smallest absolute Gasteiger partial charge is 0.240 e. The number of thiazole rings is 1. The maximum atomic E-state index is 12.2. The Hall–Kier alpha value is -0.940. The summed E-state index contributed by atoms with van der Waals surface area (Å²) in [6.07, 6.45) is 3.00. The van der Waals surface area contributed by atoms with Gasteiger partial charge in [0, 0.05) is 11.6 Å². The molecule has 0 aliphatic rings. The fourth-order valence-corrected chi connectivity index (χ4v) is 2.28. The Kier molecular flexibility index (Phi) is 4.27. The van der Waals surface area contributed by atoms with Crippen LogP contribution in [-0.4, -0.2) is 16.4 Å². The van der Waals surface area contributed by atoms with Crippen LogP contribution in [-0.2, 0) is 10.3 Å². The van der Waals surface area contributed by atoms with Crippen molar-refractivity contribution in [1.82, 2.24) is 10.3 Å². The minimum Gasteiger partial charge on any atom is -0.343 e. The van der Waals surface area contributed by atoms with Crippen molar-refractivity contribution in [2.45, 2.75) is 51.6 Å². The highest BCUT2D eigenvalue weighted by molar-refractivity contribution is 7.09. The fourth-order valence-electron chi connectivity index (χ4n) is 1.57. The van der Waals surface area contributed by atoms with Crippen LogP contribution in [0.5, 0.6) is 0 Å². The van der Waals surface area contributed by atoms with Gasteiger partial charge in [0.1, 0.15) is 5.01 Å². The van der Waals surface area contributed by atoms with Gasteiger partial charge in [0.05, 0.1) is 11.1 Å². The highest BCUT2D eigenvalue weighted by Crippen LogP contribution is 2.23. The molecule has 0 aromatic carbocycles. The first-order valence-corrected chi connectivity index (χ1v) is 6.75. The zero-order chi connectivity index (χ0) is 13.1. The number of hydrogen-bond acceptors (Lipinski definition) is 4. The van der Waals surface area contributed by atoms with Gasteiger partial charge in [0.25, 0.3) is 0 Å². The molecular weight excluding hydrogens is 234 g/mol. The third kappa shape index (κ3) is 3.04. The van der Waals surface area contributed by atoms with Crippen LogP contribution in [0.2, 0.25) is 0 Å². The molecule has 1 aromatic rings. The zero-order valence-corrected chi connectivity index (χ0v) is 11.7. The summed E-state index contributed by atoms with van der Waals surface area (Å²) in [6.45, 7) is 7.74. The molecule has 0 spiro atoms. The molecule has 3 N–H and O–H groups in total. The van der Waals surface area contributed by atoms with Gasteiger partial charge in [0.2, 0.25) is 5.91 Å². The predicted octanol–water partition coefficient (Wildman–Crippen LogP) is 2.01. The maximum Gasteiger partial charge on any atom is 0.240 e. The molecule has 1 heterocycles. The first-order valence-electron chi connectivity index (χ1n) is 5.87.